The molecule has 0 spiro atoms. The lowest BCUT2D eigenvalue weighted by Crippen LogP contribution is -2.45. The van der Waals surface area contributed by atoms with E-state index in [1.54, 1.807) is 6.92 Å². The Hall–Kier alpha value is -0.150. The van der Waals surface area contributed by atoms with Crippen molar-refractivity contribution in [3.05, 3.63) is 0 Å². The Morgan fingerprint density at radius 1 is 1.71 bits per heavy atom. The van der Waals surface area contributed by atoms with Crippen LogP contribution in [0.25, 0.3) is 0 Å². The summed E-state index contributed by atoms with van der Waals surface area (Å²) in [6.07, 6.45) is 0. The van der Waals surface area contributed by atoms with E-state index in [9.17, 15) is 4.39 Å². The summed E-state index contributed by atoms with van der Waals surface area (Å²) in [6, 6.07) is 0. The van der Waals surface area contributed by atoms with Gasteiger partial charge in [-0.3, -0.25) is 0 Å². The Balaban J connectivity index is 3.36. The van der Waals surface area contributed by atoms with Crippen molar-refractivity contribution in [2.75, 3.05) is 13.2 Å². The topological polar surface area (TPSA) is 52.0 Å². The molecule has 0 radical (unpaired) electrons. The van der Waals surface area contributed by atoms with Crippen LogP contribution in [0.5, 0.6) is 0 Å². The number of hydrogen-bond donors (Lipinski definition) is 2. The standard InChI is InChI=1S/C4H11FN2/c1-4(7,2-5)3-6/h2-3,6-7H2,1H3. The van der Waals surface area contributed by atoms with Crippen LogP contribution in [0.3, 0.4) is 0 Å². The third-order valence-corrected chi connectivity index (χ3v) is 0.772. The first kappa shape index (κ1) is 6.85. The predicted molar refractivity (Wildman–Crippen MR) is 27.6 cm³/mol. The summed E-state index contributed by atoms with van der Waals surface area (Å²) in [6.45, 7) is 1.22. The molecule has 3 heteroatoms. The van der Waals surface area contributed by atoms with Gasteiger partial charge in [-0.2, -0.15) is 0 Å². The fourth-order valence-corrected chi connectivity index (χ4v) is 0.0546. The van der Waals surface area contributed by atoms with Crippen LogP contribution in [0.15, 0.2) is 0 Å². The van der Waals surface area contributed by atoms with Gasteiger partial charge in [0.15, 0.2) is 0 Å². The van der Waals surface area contributed by atoms with Crippen molar-refractivity contribution in [1.29, 1.82) is 0 Å². The molecule has 0 aliphatic rings. The molecule has 2 nitrogen and oxygen atoms in total. The molecule has 1 unspecified atom stereocenters. The number of alkyl halides is 1. The molecule has 0 bridgehead atoms. The van der Waals surface area contributed by atoms with Crippen molar-refractivity contribution in [1.82, 2.24) is 0 Å². The molecule has 0 saturated heterocycles. The number of rotatable bonds is 2. The molecule has 1 atom stereocenters. The van der Waals surface area contributed by atoms with Gasteiger partial charge >= 0.3 is 0 Å². The number of hydrogen-bond acceptors (Lipinski definition) is 2. The molecule has 7 heavy (non-hydrogen) atoms. The van der Waals surface area contributed by atoms with Crippen molar-refractivity contribution in [2.24, 2.45) is 11.5 Å². The minimum atomic E-state index is -0.806. The van der Waals surface area contributed by atoms with Gasteiger partial charge in [-0.15, -0.1) is 0 Å². The number of nitrogens with two attached hydrogens (primary N) is 2. The van der Waals surface area contributed by atoms with E-state index in [-0.39, 0.29) is 6.54 Å². The van der Waals surface area contributed by atoms with E-state index in [0.717, 1.165) is 0 Å². The quantitative estimate of drug-likeness (QED) is 0.504. The molecule has 0 aromatic rings. The van der Waals surface area contributed by atoms with Crippen LogP contribution in [0.2, 0.25) is 0 Å². The van der Waals surface area contributed by atoms with E-state index in [1.165, 1.54) is 0 Å². The average molecular weight is 106 g/mol. The van der Waals surface area contributed by atoms with Gasteiger partial charge in [0.1, 0.15) is 6.67 Å². The van der Waals surface area contributed by atoms with Gasteiger partial charge in [-0.25, -0.2) is 4.39 Å². The van der Waals surface area contributed by atoms with E-state index >= 15 is 0 Å². The largest absolute Gasteiger partial charge is 0.329 e. The average Bonchev–Trinajstić information content (AvgIpc) is 1.68. The molecule has 44 valence electrons. The maximum atomic E-state index is 11.6. The highest BCUT2D eigenvalue weighted by atomic mass is 19.1. The lowest BCUT2D eigenvalue weighted by atomic mass is 10.1. The molecule has 0 aromatic carbocycles. The Labute approximate surface area is 42.7 Å². The summed E-state index contributed by atoms with van der Waals surface area (Å²) >= 11 is 0. The second kappa shape index (κ2) is 2.23. The molecule has 0 rings (SSSR count). The lowest BCUT2D eigenvalue weighted by molar-refractivity contribution is 0.336. The van der Waals surface area contributed by atoms with Gasteiger partial charge in [0, 0.05) is 6.54 Å². The second-order valence-corrected chi connectivity index (χ2v) is 1.99. The van der Waals surface area contributed by atoms with Crippen LogP contribution in [-0.2, 0) is 0 Å². The molecule has 0 aliphatic heterocycles. The van der Waals surface area contributed by atoms with Crippen molar-refractivity contribution >= 4 is 0 Å². The Kier molecular flexibility index (Phi) is 2.19. The Bertz CT molecular complexity index is 47.7. The maximum absolute atomic E-state index is 11.6. The van der Waals surface area contributed by atoms with Gasteiger partial charge in [-0.1, -0.05) is 0 Å². The van der Waals surface area contributed by atoms with Crippen LogP contribution in [-0.4, -0.2) is 18.8 Å². The van der Waals surface area contributed by atoms with Crippen LogP contribution in [0.1, 0.15) is 6.92 Å². The molecule has 0 aromatic heterocycles. The molecule has 0 aliphatic carbocycles. The third-order valence-electron chi connectivity index (χ3n) is 0.772. The summed E-state index contributed by atoms with van der Waals surface area (Å²) in [5.74, 6) is 0. The normalized spacial score (nSPS) is 18.9. The fourth-order valence-electron chi connectivity index (χ4n) is 0.0546. The highest BCUT2D eigenvalue weighted by Crippen LogP contribution is 1.93. The van der Waals surface area contributed by atoms with E-state index in [2.05, 4.69) is 0 Å². The minimum Gasteiger partial charge on any atom is -0.329 e. The Morgan fingerprint density at radius 2 is 2.14 bits per heavy atom. The van der Waals surface area contributed by atoms with Crippen LogP contribution in [0, 0.1) is 0 Å². The van der Waals surface area contributed by atoms with Crippen molar-refractivity contribution < 1.29 is 4.39 Å². The zero-order valence-corrected chi connectivity index (χ0v) is 4.45. The maximum Gasteiger partial charge on any atom is 0.108 e. The van der Waals surface area contributed by atoms with Gasteiger partial charge in [-0.05, 0) is 6.92 Å². The summed E-state index contributed by atoms with van der Waals surface area (Å²) in [7, 11) is 0. The fraction of sp³-hybridized carbons (Fsp3) is 1.00. The van der Waals surface area contributed by atoms with Crippen LogP contribution >= 0.6 is 0 Å². The first-order valence-corrected chi connectivity index (χ1v) is 2.17. The monoisotopic (exact) mass is 106 g/mol. The summed E-state index contributed by atoms with van der Waals surface area (Å²) in [5, 5.41) is 0. The predicted octanol–water partition coefficient (Wildman–Crippen LogP) is -0.368. The Morgan fingerprint density at radius 3 is 2.14 bits per heavy atom. The molecule has 0 amide bonds. The van der Waals surface area contributed by atoms with Crippen molar-refractivity contribution in [2.45, 2.75) is 12.5 Å². The molecule has 4 N–H and O–H groups in total. The second-order valence-electron chi connectivity index (χ2n) is 1.99. The van der Waals surface area contributed by atoms with E-state index in [0.29, 0.717) is 0 Å². The highest BCUT2D eigenvalue weighted by molar-refractivity contribution is 4.77. The molecule has 0 saturated carbocycles. The summed E-state index contributed by atoms with van der Waals surface area (Å²) in [4.78, 5) is 0. The van der Waals surface area contributed by atoms with Gasteiger partial charge < -0.3 is 11.5 Å². The lowest BCUT2D eigenvalue weighted by Gasteiger charge is -2.15. The van der Waals surface area contributed by atoms with Gasteiger partial charge in [0.25, 0.3) is 0 Å². The van der Waals surface area contributed by atoms with Crippen molar-refractivity contribution in [3.8, 4) is 0 Å². The van der Waals surface area contributed by atoms with E-state index in [1.807, 2.05) is 0 Å². The molecule has 0 fully saturated rings. The smallest absolute Gasteiger partial charge is 0.108 e. The molecular formula is C4H11FN2. The van der Waals surface area contributed by atoms with Gasteiger partial charge in [0.05, 0.1) is 5.54 Å². The van der Waals surface area contributed by atoms with Crippen LogP contribution < -0.4 is 11.5 Å². The van der Waals surface area contributed by atoms with Gasteiger partial charge in [0.2, 0.25) is 0 Å². The first-order valence-electron chi connectivity index (χ1n) is 2.17. The first-order chi connectivity index (χ1) is 3.12. The van der Waals surface area contributed by atoms with Crippen molar-refractivity contribution in [3.63, 3.8) is 0 Å². The molecule has 0 heterocycles. The van der Waals surface area contributed by atoms with Crippen LogP contribution in [0.4, 0.5) is 4.39 Å². The summed E-state index contributed by atoms with van der Waals surface area (Å²) in [5.41, 5.74) is 9.46. The molecular weight excluding hydrogens is 95.1 g/mol. The number of halogens is 1. The zero-order valence-electron chi connectivity index (χ0n) is 4.45. The zero-order chi connectivity index (χ0) is 5.91. The summed E-state index contributed by atoms with van der Waals surface area (Å²) < 4.78 is 11.6. The minimum absolute atomic E-state index is 0.198. The van der Waals surface area contributed by atoms with E-state index < -0.39 is 12.2 Å². The third kappa shape index (κ3) is 2.53. The van der Waals surface area contributed by atoms with E-state index in [4.69, 9.17) is 11.5 Å². The highest BCUT2D eigenvalue weighted by Gasteiger charge is 2.13. The SMILES string of the molecule is CC(N)(CN)CF.